The highest BCUT2D eigenvalue weighted by molar-refractivity contribution is 5.95. The van der Waals surface area contributed by atoms with E-state index in [0.717, 1.165) is 18.7 Å². The fourth-order valence-electron chi connectivity index (χ4n) is 2.54. The van der Waals surface area contributed by atoms with Crippen LogP contribution in [-0.2, 0) is 11.3 Å². The number of rotatable bonds is 8. The van der Waals surface area contributed by atoms with E-state index >= 15 is 0 Å². The van der Waals surface area contributed by atoms with Crippen LogP contribution in [0.2, 0.25) is 0 Å². The molecule has 140 valence electrons. The molecule has 8 nitrogen and oxygen atoms in total. The van der Waals surface area contributed by atoms with Crippen molar-refractivity contribution in [2.75, 3.05) is 11.9 Å². The number of amides is 2. The Morgan fingerprint density at radius 1 is 1.15 bits per heavy atom. The van der Waals surface area contributed by atoms with Gasteiger partial charge in [0.1, 0.15) is 5.82 Å². The van der Waals surface area contributed by atoms with Crippen LogP contribution in [0, 0.1) is 0 Å². The van der Waals surface area contributed by atoms with Gasteiger partial charge >= 0.3 is 0 Å². The van der Waals surface area contributed by atoms with E-state index in [1.54, 1.807) is 23.9 Å². The summed E-state index contributed by atoms with van der Waals surface area (Å²) in [5, 5.41) is 14.1. The lowest BCUT2D eigenvalue weighted by Gasteiger charge is -2.07. The lowest BCUT2D eigenvalue weighted by Crippen LogP contribution is -2.25. The maximum Gasteiger partial charge on any atom is 0.271 e. The van der Waals surface area contributed by atoms with E-state index in [-0.39, 0.29) is 17.5 Å². The Kier molecular flexibility index (Phi) is 5.98. The second kappa shape index (κ2) is 8.79. The molecular weight excluding hydrogens is 344 g/mol. The fraction of sp³-hybridized carbons (Fsp3) is 0.263. The highest BCUT2D eigenvalue weighted by Crippen LogP contribution is 2.17. The second-order valence-electron chi connectivity index (χ2n) is 5.94. The van der Waals surface area contributed by atoms with Crippen LogP contribution in [0.25, 0.3) is 5.69 Å². The molecule has 0 spiro atoms. The number of nitrogens with one attached hydrogen (secondary N) is 2. The molecule has 2 aromatic heterocycles. The van der Waals surface area contributed by atoms with Gasteiger partial charge in [-0.2, -0.15) is 10.2 Å². The maximum absolute atomic E-state index is 12.4. The summed E-state index contributed by atoms with van der Waals surface area (Å²) >= 11 is 0. The van der Waals surface area contributed by atoms with Gasteiger partial charge in [0.15, 0.2) is 5.69 Å². The third kappa shape index (κ3) is 4.81. The molecule has 0 saturated carbocycles. The molecule has 0 saturated heterocycles. The number of nitrogens with zero attached hydrogens (tertiary/aromatic N) is 4. The monoisotopic (exact) mass is 366 g/mol. The lowest BCUT2D eigenvalue weighted by atomic mass is 10.3. The van der Waals surface area contributed by atoms with E-state index in [0.29, 0.717) is 18.8 Å². The summed E-state index contributed by atoms with van der Waals surface area (Å²) in [6, 6.07) is 12.8. The number of benzene rings is 1. The quantitative estimate of drug-likeness (QED) is 0.598. The molecule has 3 aromatic rings. The predicted octanol–water partition coefficient (Wildman–Crippen LogP) is 2.24. The Bertz CT molecular complexity index is 886. The summed E-state index contributed by atoms with van der Waals surface area (Å²) in [5.74, 6) is 0.0464. The molecular formula is C19H22N6O2. The molecule has 0 aliphatic rings. The van der Waals surface area contributed by atoms with E-state index in [1.165, 1.54) is 0 Å². The smallest absolute Gasteiger partial charge is 0.271 e. The number of carbonyl (C=O) groups excluding carboxylic acids is 2. The molecule has 0 bridgehead atoms. The van der Waals surface area contributed by atoms with E-state index < -0.39 is 0 Å². The molecule has 0 unspecified atom stereocenters. The van der Waals surface area contributed by atoms with Gasteiger partial charge in [-0.05, 0) is 24.6 Å². The Labute approximate surface area is 157 Å². The fourth-order valence-corrected chi connectivity index (χ4v) is 2.54. The Hall–Kier alpha value is -3.42. The van der Waals surface area contributed by atoms with Gasteiger partial charge in [-0.25, -0.2) is 4.68 Å². The van der Waals surface area contributed by atoms with Gasteiger partial charge in [0, 0.05) is 38.0 Å². The van der Waals surface area contributed by atoms with Crippen molar-refractivity contribution < 1.29 is 9.59 Å². The summed E-state index contributed by atoms with van der Waals surface area (Å²) in [6.45, 7) is 3.00. The highest BCUT2D eigenvalue weighted by atomic mass is 16.2. The Morgan fingerprint density at radius 2 is 1.96 bits per heavy atom. The van der Waals surface area contributed by atoms with E-state index in [4.69, 9.17) is 0 Å². The number of aromatic nitrogens is 4. The van der Waals surface area contributed by atoms with Gasteiger partial charge in [0.2, 0.25) is 5.91 Å². The SMILES string of the molecule is CCC(=O)Nc1cc(C(=O)NCCCn2cccn2)nn1-c1ccccc1. The maximum atomic E-state index is 12.4. The number of hydrogen-bond acceptors (Lipinski definition) is 4. The molecule has 2 N–H and O–H groups in total. The lowest BCUT2D eigenvalue weighted by molar-refractivity contribution is -0.115. The summed E-state index contributed by atoms with van der Waals surface area (Å²) < 4.78 is 3.38. The first kappa shape index (κ1) is 18.4. The van der Waals surface area contributed by atoms with Gasteiger partial charge in [-0.1, -0.05) is 25.1 Å². The molecule has 2 heterocycles. The van der Waals surface area contributed by atoms with Crippen LogP contribution < -0.4 is 10.6 Å². The largest absolute Gasteiger partial charge is 0.351 e. The number of carbonyl (C=O) groups is 2. The highest BCUT2D eigenvalue weighted by Gasteiger charge is 2.16. The van der Waals surface area contributed by atoms with Crippen molar-refractivity contribution in [1.82, 2.24) is 24.9 Å². The second-order valence-corrected chi connectivity index (χ2v) is 5.94. The minimum Gasteiger partial charge on any atom is -0.351 e. The third-order valence-corrected chi connectivity index (χ3v) is 3.94. The van der Waals surface area contributed by atoms with Crippen LogP contribution in [0.1, 0.15) is 30.3 Å². The number of hydrogen-bond donors (Lipinski definition) is 2. The van der Waals surface area contributed by atoms with Crippen LogP contribution in [0.5, 0.6) is 0 Å². The van der Waals surface area contributed by atoms with Crippen LogP contribution >= 0.6 is 0 Å². The van der Waals surface area contributed by atoms with Crippen LogP contribution in [0.4, 0.5) is 5.82 Å². The van der Waals surface area contributed by atoms with Crippen molar-refractivity contribution >= 4 is 17.6 Å². The number of para-hydroxylation sites is 1. The van der Waals surface area contributed by atoms with Crippen molar-refractivity contribution in [3.05, 3.63) is 60.6 Å². The van der Waals surface area contributed by atoms with Crippen molar-refractivity contribution in [1.29, 1.82) is 0 Å². The van der Waals surface area contributed by atoms with Gasteiger partial charge in [-0.3, -0.25) is 14.3 Å². The molecule has 27 heavy (non-hydrogen) atoms. The summed E-state index contributed by atoms with van der Waals surface area (Å²) in [6.07, 6.45) is 4.70. The molecule has 2 amide bonds. The Balaban J connectivity index is 1.68. The zero-order valence-electron chi connectivity index (χ0n) is 15.1. The van der Waals surface area contributed by atoms with Crippen molar-refractivity contribution in [3.63, 3.8) is 0 Å². The zero-order chi connectivity index (χ0) is 19.1. The molecule has 0 aliphatic heterocycles. The summed E-state index contributed by atoms with van der Waals surface area (Å²) in [4.78, 5) is 24.2. The van der Waals surface area contributed by atoms with Gasteiger partial charge in [0.25, 0.3) is 5.91 Å². The van der Waals surface area contributed by atoms with Crippen molar-refractivity contribution in [2.24, 2.45) is 0 Å². The molecule has 0 radical (unpaired) electrons. The van der Waals surface area contributed by atoms with Crippen molar-refractivity contribution in [3.8, 4) is 5.69 Å². The zero-order valence-corrected chi connectivity index (χ0v) is 15.1. The molecule has 1 aromatic carbocycles. The van der Waals surface area contributed by atoms with Gasteiger partial charge in [-0.15, -0.1) is 0 Å². The first-order valence-electron chi connectivity index (χ1n) is 8.88. The summed E-state index contributed by atoms with van der Waals surface area (Å²) in [5.41, 5.74) is 1.02. The third-order valence-electron chi connectivity index (χ3n) is 3.94. The van der Waals surface area contributed by atoms with Gasteiger partial charge in [0.05, 0.1) is 5.69 Å². The molecule has 0 aliphatic carbocycles. The van der Waals surface area contributed by atoms with Gasteiger partial charge < -0.3 is 10.6 Å². The van der Waals surface area contributed by atoms with Crippen LogP contribution in [0.15, 0.2) is 54.9 Å². The van der Waals surface area contributed by atoms with Crippen LogP contribution in [0.3, 0.4) is 0 Å². The summed E-state index contributed by atoms with van der Waals surface area (Å²) in [7, 11) is 0. The van der Waals surface area contributed by atoms with E-state index in [2.05, 4.69) is 20.8 Å². The number of anilines is 1. The van der Waals surface area contributed by atoms with Crippen LogP contribution in [-0.4, -0.2) is 37.9 Å². The van der Waals surface area contributed by atoms with E-state index in [9.17, 15) is 9.59 Å². The number of aryl methyl sites for hydroxylation is 1. The molecule has 8 heteroatoms. The average molecular weight is 366 g/mol. The molecule has 3 rings (SSSR count). The molecule has 0 atom stereocenters. The topological polar surface area (TPSA) is 93.8 Å². The standard InChI is InChI=1S/C19H22N6O2/c1-2-18(26)22-17-14-16(23-25(17)15-8-4-3-5-9-15)19(27)20-10-6-12-24-13-7-11-21-24/h3-5,7-9,11,13-14H,2,6,10,12H2,1H3,(H,20,27)(H,22,26). The first-order chi connectivity index (χ1) is 13.2. The first-order valence-corrected chi connectivity index (χ1v) is 8.88. The Morgan fingerprint density at radius 3 is 2.67 bits per heavy atom. The van der Waals surface area contributed by atoms with E-state index in [1.807, 2.05) is 47.3 Å². The predicted molar refractivity (Wildman–Crippen MR) is 102 cm³/mol. The minimum atomic E-state index is -0.280. The minimum absolute atomic E-state index is 0.140. The average Bonchev–Trinajstić information content (AvgIpc) is 3.35. The molecule has 0 fully saturated rings. The van der Waals surface area contributed by atoms with Crippen molar-refractivity contribution in [2.45, 2.75) is 26.3 Å². The normalized spacial score (nSPS) is 10.6.